The zero-order valence-corrected chi connectivity index (χ0v) is 19.7. The van der Waals surface area contributed by atoms with E-state index in [0.717, 1.165) is 45.0 Å². The lowest BCUT2D eigenvalue weighted by atomic mass is 9.98. The lowest BCUT2D eigenvalue weighted by Gasteiger charge is -2.34. The number of carbonyl (C=O) groups excluding carboxylic acids is 1. The van der Waals surface area contributed by atoms with Crippen molar-refractivity contribution in [2.75, 3.05) is 52.4 Å². The molecule has 0 bridgehead atoms. The second-order valence-electron chi connectivity index (χ2n) is 7.70. The van der Waals surface area contributed by atoms with Crippen LogP contribution in [0.15, 0.2) is 4.99 Å². The van der Waals surface area contributed by atoms with Crippen LogP contribution in [-0.2, 0) is 9.53 Å². The quantitative estimate of drug-likeness (QED) is 0.255. The number of nitrogens with zero attached hydrogens (tertiary/aromatic N) is 3. The molecular formula is C20H39IN4O2. The third-order valence-corrected chi connectivity index (χ3v) is 5.25. The summed E-state index contributed by atoms with van der Waals surface area (Å²) in [5.41, 5.74) is 0. The monoisotopic (exact) mass is 494 g/mol. The van der Waals surface area contributed by atoms with Crippen molar-refractivity contribution in [3.05, 3.63) is 0 Å². The zero-order chi connectivity index (χ0) is 18.8. The molecule has 0 spiro atoms. The first kappa shape index (κ1) is 24.5. The van der Waals surface area contributed by atoms with Crippen LogP contribution in [0.2, 0.25) is 0 Å². The molecular weight excluding hydrogens is 455 g/mol. The van der Waals surface area contributed by atoms with Crippen molar-refractivity contribution in [3.8, 4) is 0 Å². The topological polar surface area (TPSA) is 57.2 Å². The van der Waals surface area contributed by atoms with Gasteiger partial charge in [0, 0.05) is 32.7 Å². The van der Waals surface area contributed by atoms with Crippen molar-refractivity contribution < 1.29 is 9.53 Å². The van der Waals surface area contributed by atoms with Crippen LogP contribution in [0.25, 0.3) is 0 Å². The van der Waals surface area contributed by atoms with Gasteiger partial charge in [-0.2, -0.15) is 0 Å². The Morgan fingerprint density at radius 2 is 1.93 bits per heavy atom. The fourth-order valence-electron chi connectivity index (χ4n) is 3.93. The SMILES string of the molecule is CCNC(=NCC(C)CN1CCCCC1)N1CCCC(C(=O)OCC)C1.I. The molecule has 0 radical (unpaired) electrons. The summed E-state index contributed by atoms with van der Waals surface area (Å²) in [6, 6.07) is 0. The van der Waals surface area contributed by atoms with Gasteiger partial charge in [-0.05, 0) is 58.5 Å². The zero-order valence-electron chi connectivity index (χ0n) is 17.4. The van der Waals surface area contributed by atoms with E-state index in [9.17, 15) is 4.79 Å². The molecule has 27 heavy (non-hydrogen) atoms. The molecule has 0 saturated carbocycles. The molecule has 2 aliphatic heterocycles. The lowest BCUT2D eigenvalue weighted by Crippen LogP contribution is -2.48. The molecule has 7 heteroatoms. The van der Waals surface area contributed by atoms with Crippen molar-refractivity contribution in [3.63, 3.8) is 0 Å². The highest BCUT2D eigenvalue weighted by Gasteiger charge is 2.28. The smallest absolute Gasteiger partial charge is 0.310 e. The highest BCUT2D eigenvalue weighted by atomic mass is 127. The number of likely N-dealkylation sites (tertiary alicyclic amines) is 2. The second kappa shape index (κ2) is 13.6. The van der Waals surface area contributed by atoms with Gasteiger partial charge >= 0.3 is 5.97 Å². The van der Waals surface area contributed by atoms with E-state index < -0.39 is 0 Å². The number of carbonyl (C=O) groups is 1. The van der Waals surface area contributed by atoms with E-state index in [-0.39, 0.29) is 35.9 Å². The molecule has 2 unspecified atom stereocenters. The van der Waals surface area contributed by atoms with Crippen molar-refractivity contribution in [2.24, 2.45) is 16.8 Å². The Bertz CT molecular complexity index is 455. The third-order valence-electron chi connectivity index (χ3n) is 5.25. The molecule has 2 saturated heterocycles. The molecule has 0 aromatic rings. The van der Waals surface area contributed by atoms with E-state index in [2.05, 4.69) is 29.0 Å². The third kappa shape index (κ3) is 8.54. The maximum atomic E-state index is 12.1. The molecule has 0 aromatic carbocycles. The van der Waals surface area contributed by atoms with Crippen LogP contribution in [0.1, 0.15) is 52.9 Å². The van der Waals surface area contributed by atoms with Crippen LogP contribution in [0.3, 0.4) is 0 Å². The molecule has 2 atom stereocenters. The van der Waals surface area contributed by atoms with Crippen LogP contribution in [0.5, 0.6) is 0 Å². The number of ether oxygens (including phenoxy) is 1. The van der Waals surface area contributed by atoms with Crippen molar-refractivity contribution >= 4 is 35.9 Å². The fourth-order valence-corrected chi connectivity index (χ4v) is 3.93. The Balaban J connectivity index is 0.00000364. The minimum Gasteiger partial charge on any atom is -0.466 e. The molecule has 158 valence electrons. The first-order valence-corrected chi connectivity index (χ1v) is 10.6. The average molecular weight is 494 g/mol. The number of rotatable bonds is 7. The van der Waals surface area contributed by atoms with Crippen molar-refractivity contribution in [1.82, 2.24) is 15.1 Å². The van der Waals surface area contributed by atoms with E-state index in [1.165, 1.54) is 32.4 Å². The van der Waals surface area contributed by atoms with Crippen LogP contribution in [-0.4, -0.2) is 74.1 Å². The van der Waals surface area contributed by atoms with Gasteiger partial charge in [0.2, 0.25) is 0 Å². The van der Waals surface area contributed by atoms with Gasteiger partial charge < -0.3 is 19.9 Å². The first-order chi connectivity index (χ1) is 12.6. The number of hydrogen-bond donors (Lipinski definition) is 1. The van der Waals surface area contributed by atoms with Crippen molar-refractivity contribution in [2.45, 2.75) is 52.9 Å². The molecule has 2 fully saturated rings. The number of hydrogen-bond acceptors (Lipinski definition) is 4. The largest absolute Gasteiger partial charge is 0.466 e. The number of guanidine groups is 1. The second-order valence-corrected chi connectivity index (χ2v) is 7.70. The molecule has 0 amide bonds. The van der Waals surface area contributed by atoms with Gasteiger partial charge in [-0.15, -0.1) is 24.0 Å². The minimum absolute atomic E-state index is 0. The minimum atomic E-state index is -0.0634. The lowest BCUT2D eigenvalue weighted by molar-refractivity contribution is -0.149. The summed E-state index contributed by atoms with van der Waals surface area (Å²) in [5.74, 6) is 1.41. The van der Waals surface area contributed by atoms with Crippen LogP contribution < -0.4 is 5.32 Å². The average Bonchev–Trinajstić information content (AvgIpc) is 2.66. The Morgan fingerprint density at radius 1 is 1.19 bits per heavy atom. The molecule has 2 aliphatic rings. The Labute approximate surface area is 182 Å². The number of nitrogens with one attached hydrogen (secondary N) is 1. The fraction of sp³-hybridized carbons (Fsp3) is 0.900. The highest BCUT2D eigenvalue weighted by Crippen LogP contribution is 2.18. The van der Waals surface area contributed by atoms with E-state index in [4.69, 9.17) is 9.73 Å². The molecule has 2 heterocycles. The first-order valence-electron chi connectivity index (χ1n) is 10.6. The summed E-state index contributed by atoms with van der Waals surface area (Å²) in [4.78, 5) is 21.8. The molecule has 2 rings (SSSR count). The predicted molar refractivity (Wildman–Crippen MR) is 122 cm³/mol. The molecule has 0 aromatic heterocycles. The summed E-state index contributed by atoms with van der Waals surface area (Å²) in [5, 5.41) is 3.41. The number of halogens is 1. The van der Waals surface area contributed by atoms with Gasteiger partial charge in [0.15, 0.2) is 5.96 Å². The Morgan fingerprint density at radius 3 is 2.59 bits per heavy atom. The van der Waals surface area contributed by atoms with Gasteiger partial charge in [0.1, 0.15) is 0 Å². The van der Waals surface area contributed by atoms with E-state index in [1.54, 1.807) is 0 Å². The maximum Gasteiger partial charge on any atom is 0.310 e. The standard InChI is InChI=1S/C20H38N4O2.HI/c1-4-21-20(22-14-17(3)15-23-11-7-6-8-12-23)24-13-9-10-18(16-24)19(25)26-5-2;/h17-18H,4-16H2,1-3H3,(H,21,22);1H. The summed E-state index contributed by atoms with van der Waals surface area (Å²) in [6.07, 6.45) is 5.98. The van der Waals surface area contributed by atoms with Gasteiger partial charge in [0.25, 0.3) is 0 Å². The van der Waals surface area contributed by atoms with Gasteiger partial charge in [-0.25, -0.2) is 0 Å². The molecule has 1 N–H and O–H groups in total. The van der Waals surface area contributed by atoms with E-state index in [1.807, 2.05) is 6.92 Å². The molecule has 6 nitrogen and oxygen atoms in total. The summed E-state index contributed by atoms with van der Waals surface area (Å²) in [7, 11) is 0. The van der Waals surface area contributed by atoms with Gasteiger partial charge in [0.05, 0.1) is 12.5 Å². The normalized spacial score (nSPS) is 22.7. The van der Waals surface area contributed by atoms with E-state index in [0.29, 0.717) is 19.1 Å². The van der Waals surface area contributed by atoms with Crippen LogP contribution in [0.4, 0.5) is 0 Å². The maximum absolute atomic E-state index is 12.1. The molecule has 0 aliphatic carbocycles. The van der Waals surface area contributed by atoms with Crippen LogP contribution >= 0.6 is 24.0 Å². The summed E-state index contributed by atoms with van der Waals surface area (Å²) in [6.45, 7) is 13.7. The Hall–Kier alpha value is -0.570. The van der Waals surface area contributed by atoms with Gasteiger partial charge in [-0.1, -0.05) is 13.3 Å². The van der Waals surface area contributed by atoms with Crippen LogP contribution in [0, 0.1) is 11.8 Å². The number of piperidine rings is 2. The number of esters is 1. The summed E-state index contributed by atoms with van der Waals surface area (Å²) >= 11 is 0. The Kier molecular flexibility index (Phi) is 12.3. The van der Waals surface area contributed by atoms with Gasteiger partial charge in [-0.3, -0.25) is 9.79 Å². The number of aliphatic imine (C=N–C) groups is 1. The van der Waals surface area contributed by atoms with E-state index >= 15 is 0 Å². The highest BCUT2D eigenvalue weighted by molar-refractivity contribution is 14.0. The predicted octanol–water partition coefficient (Wildman–Crippen LogP) is 2.97. The summed E-state index contributed by atoms with van der Waals surface area (Å²) < 4.78 is 5.22. The van der Waals surface area contributed by atoms with Crippen molar-refractivity contribution in [1.29, 1.82) is 0 Å².